The predicted octanol–water partition coefficient (Wildman–Crippen LogP) is -0.0168. The van der Waals surface area contributed by atoms with Crippen molar-refractivity contribution in [3.05, 3.63) is 34.3 Å². The molecule has 15 heavy (non-hydrogen) atoms. The van der Waals surface area contributed by atoms with Crippen LogP contribution >= 0.6 is 0 Å². The van der Waals surface area contributed by atoms with Gasteiger partial charge in [0.1, 0.15) is 0 Å². The number of aromatic amines is 1. The lowest BCUT2D eigenvalue weighted by Crippen LogP contribution is -2.21. The van der Waals surface area contributed by atoms with Gasteiger partial charge in [0, 0.05) is 6.54 Å². The molecule has 2 aromatic rings. The summed E-state index contributed by atoms with van der Waals surface area (Å²) in [4.78, 5) is 13.4. The average molecular weight is 208 g/mol. The van der Waals surface area contributed by atoms with E-state index in [-0.39, 0.29) is 6.54 Å². The van der Waals surface area contributed by atoms with Gasteiger partial charge >= 0.3 is 5.76 Å². The first-order chi connectivity index (χ1) is 7.19. The molecule has 1 unspecified atom stereocenters. The molecule has 0 aliphatic carbocycles. The summed E-state index contributed by atoms with van der Waals surface area (Å²) in [6.45, 7) is 0.217. The van der Waals surface area contributed by atoms with E-state index in [4.69, 9.17) is 10.2 Å². The van der Waals surface area contributed by atoms with Crippen molar-refractivity contribution in [1.29, 1.82) is 0 Å². The lowest BCUT2D eigenvalue weighted by Gasteiger charge is -2.06. The number of fused-ring (bicyclic) bond motifs is 1. The van der Waals surface area contributed by atoms with E-state index in [0.717, 1.165) is 5.56 Å². The molecule has 2 rings (SSSR count). The minimum atomic E-state index is -0.562. The van der Waals surface area contributed by atoms with Gasteiger partial charge in [0.2, 0.25) is 0 Å². The van der Waals surface area contributed by atoms with Crippen LogP contribution in [0.5, 0.6) is 0 Å². The topological polar surface area (TPSA) is 92.2 Å². The zero-order chi connectivity index (χ0) is 10.8. The molecule has 0 amide bonds. The van der Waals surface area contributed by atoms with Gasteiger partial charge in [0.25, 0.3) is 0 Å². The number of nitrogens with one attached hydrogen (secondary N) is 1. The first-order valence-corrected chi connectivity index (χ1v) is 4.69. The molecule has 0 saturated heterocycles. The Morgan fingerprint density at radius 2 is 2.33 bits per heavy atom. The number of H-pyrrole nitrogens is 1. The maximum absolute atomic E-state index is 10.9. The summed E-state index contributed by atoms with van der Waals surface area (Å²) in [7, 11) is 0. The molecule has 0 fully saturated rings. The molecule has 0 aliphatic rings. The minimum Gasteiger partial charge on any atom is -0.408 e. The van der Waals surface area contributed by atoms with Gasteiger partial charge in [0.05, 0.1) is 11.6 Å². The SMILES string of the molecule is NCC(O)Cc1ccc2[nH]c(=O)oc2c1. The van der Waals surface area contributed by atoms with Crippen molar-refractivity contribution in [3.8, 4) is 0 Å². The first kappa shape index (κ1) is 9.95. The van der Waals surface area contributed by atoms with Crippen LogP contribution < -0.4 is 11.5 Å². The molecule has 1 atom stereocenters. The molecule has 0 bridgehead atoms. The molecular weight excluding hydrogens is 196 g/mol. The Kier molecular flexibility index (Phi) is 2.57. The number of oxazole rings is 1. The molecule has 0 radical (unpaired) electrons. The van der Waals surface area contributed by atoms with Crippen LogP contribution in [-0.2, 0) is 6.42 Å². The Morgan fingerprint density at radius 1 is 1.53 bits per heavy atom. The molecule has 5 nitrogen and oxygen atoms in total. The fraction of sp³-hybridized carbons (Fsp3) is 0.300. The van der Waals surface area contributed by atoms with Gasteiger partial charge in [-0.05, 0) is 24.1 Å². The molecule has 80 valence electrons. The second-order valence-corrected chi connectivity index (χ2v) is 3.44. The molecular formula is C10H12N2O3. The van der Waals surface area contributed by atoms with Crippen molar-refractivity contribution in [1.82, 2.24) is 4.98 Å². The number of aromatic nitrogens is 1. The van der Waals surface area contributed by atoms with Crippen molar-refractivity contribution in [2.45, 2.75) is 12.5 Å². The van der Waals surface area contributed by atoms with Crippen molar-refractivity contribution >= 4 is 11.1 Å². The third-order valence-electron chi connectivity index (χ3n) is 2.23. The second kappa shape index (κ2) is 3.88. The Morgan fingerprint density at radius 3 is 3.07 bits per heavy atom. The molecule has 4 N–H and O–H groups in total. The highest BCUT2D eigenvalue weighted by Gasteiger charge is 2.06. The highest BCUT2D eigenvalue weighted by atomic mass is 16.4. The molecule has 5 heteroatoms. The maximum atomic E-state index is 10.9. The number of rotatable bonds is 3. The van der Waals surface area contributed by atoms with Crippen molar-refractivity contribution in [2.75, 3.05) is 6.54 Å². The van der Waals surface area contributed by atoms with E-state index in [1.54, 1.807) is 12.1 Å². The normalized spacial score (nSPS) is 13.2. The summed E-state index contributed by atoms with van der Waals surface area (Å²) in [5, 5.41) is 9.36. The van der Waals surface area contributed by atoms with E-state index in [1.807, 2.05) is 6.07 Å². The highest BCUT2D eigenvalue weighted by Crippen LogP contribution is 2.13. The van der Waals surface area contributed by atoms with Gasteiger partial charge in [-0.15, -0.1) is 0 Å². The quantitative estimate of drug-likeness (QED) is 0.661. The number of hydrogen-bond donors (Lipinski definition) is 3. The zero-order valence-electron chi connectivity index (χ0n) is 8.06. The van der Waals surface area contributed by atoms with Gasteiger partial charge in [-0.25, -0.2) is 4.79 Å². The van der Waals surface area contributed by atoms with Gasteiger partial charge in [-0.1, -0.05) is 6.07 Å². The number of hydrogen-bond acceptors (Lipinski definition) is 4. The summed E-state index contributed by atoms with van der Waals surface area (Å²) < 4.78 is 4.90. The summed E-state index contributed by atoms with van der Waals surface area (Å²) in [6.07, 6.45) is -0.102. The third-order valence-corrected chi connectivity index (χ3v) is 2.23. The van der Waals surface area contributed by atoms with Crippen LogP contribution in [0.4, 0.5) is 0 Å². The summed E-state index contributed by atoms with van der Waals surface area (Å²) in [6, 6.07) is 5.30. The fourth-order valence-electron chi connectivity index (χ4n) is 1.47. The van der Waals surface area contributed by atoms with Gasteiger partial charge in [0.15, 0.2) is 5.58 Å². The van der Waals surface area contributed by atoms with E-state index in [0.29, 0.717) is 17.5 Å². The van der Waals surface area contributed by atoms with E-state index in [9.17, 15) is 9.90 Å². The lowest BCUT2D eigenvalue weighted by molar-refractivity contribution is 0.183. The Hall–Kier alpha value is -1.59. The Labute approximate surface area is 85.5 Å². The van der Waals surface area contributed by atoms with Crippen molar-refractivity contribution in [3.63, 3.8) is 0 Å². The summed E-state index contributed by atoms with van der Waals surface area (Å²) in [5.41, 5.74) is 7.36. The lowest BCUT2D eigenvalue weighted by atomic mass is 10.1. The van der Waals surface area contributed by atoms with Gasteiger partial charge < -0.3 is 15.3 Å². The molecule has 1 heterocycles. The van der Waals surface area contributed by atoms with Gasteiger partial charge in [-0.2, -0.15) is 0 Å². The van der Waals surface area contributed by atoms with Crippen LogP contribution in [0.3, 0.4) is 0 Å². The van der Waals surface area contributed by atoms with Crippen LogP contribution in [-0.4, -0.2) is 22.7 Å². The monoisotopic (exact) mass is 208 g/mol. The van der Waals surface area contributed by atoms with E-state index < -0.39 is 11.9 Å². The average Bonchev–Trinajstić information content (AvgIpc) is 2.57. The zero-order valence-corrected chi connectivity index (χ0v) is 8.06. The second-order valence-electron chi connectivity index (χ2n) is 3.44. The Bertz CT molecular complexity index is 515. The Balaban J connectivity index is 2.34. The molecule has 0 aliphatic heterocycles. The predicted molar refractivity (Wildman–Crippen MR) is 55.6 cm³/mol. The minimum absolute atomic E-state index is 0.217. The van der Waals surface area contributed by atoms with Crippen LogP contribution in [0.25, 0.3) is 11.1 Å². The van der Waals surface area contributed by atoms with Gasteiger partial charge in [-0.3, -0.25) is 4.98 Å². The van der Waals surface area contributed by atoms with E-state index >= 15 is 0 Å². The smallest absolute Gasteiger partial charge is 0.408 e. The third kappa shape index (κ3) is 2.08. The fourth-order valence-corrected chi connectivity index (χ4v) is 1.47. The molecule has 0 saturated carbocycles. The van der Waals surface area contributed by atoms with Crippen LogP contribution in [0, 0.1) is 0 Å². The summed E-state index contributed by atoms with van der Waals surface area (Å²) >= 11 is 0. The van der Waals surface area contributed by atoms with Crippen LogP contribution in [0.15, 0.2) is 27.4 Å². The highest BCUT2D eigenvalue weighted by molar-refractivity contribution is 5.72. The first-order valence-electron chi connectivity index (χ1n) is 4.69. The number of nitrogens with two attached hydrogens (primary N) is 1. The number of aliphatic hydroxyl groups excluding tert-OH is 1. The molecule has 1 aromatic carbocycles. The van der Waals surface area contributed by atoms with E-state index in [1.165, 1.54) is 0 Å². The molecule has 1 aromatic heterocycles. The maximum Gasteiger partial charge on any atom is 0.417 e. The van der Waals surface area contributed by atoms with E-state index in [2.05, 4.69) is 4.98 Å². The van der Waals surface area contributed by atoms with Crippen molar-refractivity contribution < 1.29 is 9.52 Å². The summed E-state index contributed by atoms with van der Waals surface area (Å²) in [5.74, 6) is -0.471. The van der Waals surface area contributed by atoms with Crippen LogP contribution in [0.1, 0.15) is 5.56 Å². The number of benzene rings is 1. The largest absolute Gasteiger partial charge is 0.417 e. The van der Waals surface area contributed by atoms with Crippen molar-refractivity contribution in [2.24, 2.45) is 5.73 Å². The standard InChI is InChI=1S/C10H12N2O3/c11-5-7(13)3-6-1-2-8-9(4-6)15-10(14)12-8/h1-2,4,7,13H,3,5,11H2,(H,12,14). The number of aliphatic hydroxyl groups is 1. The molecule has 0 spiro atoms. The van der Waals surface area contributed by atoms with Crippen LogP contribution in [0.2, 0.25) is 0 Å².